The summed E-state index contributed by atoms with van der Waals surface area (Å²) in [5.74, 6) is 0.131. The second kappa shape index (κ2) is 5.47. The van der Waals surface area contributed by atoms with E-state index in [0.717, 1.165) is 55.6 Å². The van der Waals surface area contributed by atoms with E-state index >= 15 is 0 Å². The molecule has 1 aliphatic heterocycles. The Morgan fingerprint density at radius 1 is 1.15 bits per heavy atom. The largest absolute Gasteiger partial charge is 0.336 e. The molecule has 0 bridgehead atoms. The van der Waals surface area contributed by atoms with Crippen LogP contribution in [0.15, 0.2) is 28.7 Å². The number of rotatable bonds is 3. The van der Waals surface area contributed by atoms with Gasteiger partial charge in [0.1, 0.15) is 0 Å². The fraction of sp³-hybridized carbons (Fsp3) is 0.533. The molecule has 0 aromatic heterocycles. The number of halogens is 1. The number of hydrogen-bond acceptors (Lipinski definition) is 3. The summed E-state index contributed by atoms with van der Waals surface area (Å²) >= 11 is 3.39. The van der Waals surface area contributed by atoms with Crippen molar-refractivity contribution in [1.82, 2.24) is 9.80 Å². The number of carbonyl (C=O) groups excluding carboxylic acids is 1. The highest BCUT2D eigenvalue weighted by Gasteiger charge is 2.40. The van der Waals surface area contributed by atoms with E-state index in [1.807, 2.05) is 29.2 Å². The van der Waals surface area contributed by atoms with Crippen molar-refractivity contribution in [1.29, 1.82) is 0 Å². The fourth-order valence-electron chi connectivity index (χ4n) is 2.65. The normalized spacial score (nSPS) is 21.8. The lowest BCUT2D eigenvalue weighted by Crippen LogP contribution is -2.52. The van der Waals surface area contributed by atoms with Gasteiger partial charge in [-0.25, -0.2) is 0 Å². The molecule has 108 valence electrons. The third-order valence-electron chi connectivity index (χ3n) is 4.18. The van der Waals surface area contributed by atoms with Crippen molar-refractivity contribution in [2.24, 2.45) is 5.73 Å². The molecule has 1 aliphatic carbocycles. The number of piperazine rings is 1. The van der Waals surface area contributed by atoms with E-state index in [0.29, 0.717) is 0 Å². The van der Waals surface area contributed by atoms with Crippen molar-refractivity contribution in [2.45, 2.75) is 18.4 Å². The van der Waals surface area contributed by atoms with Crippen LogP contribution in [0.4, 0.5) is 0 Å². The van der Waals surface area contributed by atoms with Crippen molar-refractivity contribution < 1.29 is 4.79 Å². The van der Waals surface area contributed by atoms with Crippen LogP contribution in [-0.4, -0.2) is 54.0 Å². The lowest BCUT2D eigenvalue weighted by Gasteiger charge is -2.36. The molecule has 1 heterocycles. The zero-order valence-electron chi connectivity index (χ0n) is 11.5. The summed E-state index contributed by atoms with van der Waals surface area (Å²) in [6, 6.07) is 7.57. The molecule has 2 N–H and O–H groups in total. The summed E-state index contributed by atoms with van der Waals surface area (Å²) in [5, 5.41) is 0. The van der Waals surface area contributed by atoms with E-state index in [1.54, 1.807) is 0 Å². The zero-order chi connectivity index (χ0) is 14.2. The minimum Gasteiger partial charge on any atom is -0.336 e. The zero-order valence-corrected chi connectivity index (χ0v) is 13.1. The third kappa shape index (κ3) is 3.22. The second-order valence-corrected chi connectivity index (χ2v) is 6.85. The molecule has 5 heteroatoms. The monoisotopic (exact) mass is 337 g/mol. The van der Waals surface area contributed by atoms with E-state index in [2.05, 4.69) is 20.8 Å². The molecule has 20 heavy (non-hydrogen) atoms. The quantitative estimate of drug-likeness (QED) is 0.913. The molecular formula is C15H20BrN3O. The van der Waals surface area contributed by atoms with Crippen molar-refractivity contribution in [2.75, 3.05) is 32.7 Å². The molecular weight excluding hydrogens is 318 g/mol. The average molecular weight is 338 g/mol. The Morgan fingerprint density at radius 3 is 2.30 bits per heavy atom. The van der Waals surface area contributed by atoms with Crippen LogP contribution in [-0.2, 0) is 0 Å². The molecule has 1 aromatic rings. The first kappa shape index (κ1) is 14.0. The first-order valence-electron chi connectivity index (χ1n) is 7.12. The highest BCUT2D eigenvalue weighted by molar-refractivity contribution is 9.10. The molecule has 2 aliphatic rings. The van der Waals surface area contributed by atoms with Crippen LogP contribution in [0.1, 0.15) is 23.2 Å². The van der Waals surface area contributed by atoms with Crippen LogP contribution in [0.25, 0.3) is 0 Å². The van der Waals surface area contributed by atoms with Crippen molar-refractivity contribution >= 4 is 21.8 Å². The van der Waals surface area contributed by atoms with Crippen LogP contribution in [0, 0.1) is 0 Å². The van der Waals surface area contributed by atoms with E-state index < -0.39 is 0 Å². The summed E-state index contributed by atoms with van der Waals surface area (Å²) in [7, 11) is 0. The van der Waals surface area contributed by atoms with Gasteiger partial charge in [-0.05, 0) is 37.1 Å². The van der Waals surface area contributed by atoms with Crippen LogP contribution in [0.5, 0.6) is 0 Å². The lowest BCUT2D eigenvalue weighted by atomic mass is 10.1. The van der Waals surface area contributed by atoms with Gasteiger partial charge >= 0.3 is 0 Å². The fourth-order valence-corrected chi connectivity index (χ4v) is 2.91. The summed E-state index contributed by atoms with van der Waals surface area (Å²) in [5.41, 5.74) is 6.98. The average Bonchev–Trinajstić information content (AvgIpc) is 3.17. The van der Waals surface area contributed by atoms with Crippen LogP contribution >= 0.6 is 15.9 Å². The first-order chi connectivity index (χ1) is 9.56. The van der Waals surface area contributed by atoms with Gasteiger partial charge in [-0.15, -0.1) is 0 Å². The molecule has 1 aromatic carbocycles. The molecule has 1 saturated carbocycles. The van der Waals surface area contributed by atoms with Gasteiger partial charge in [0.25, 0.3) is 5.91 Å². The lowest BCUT2D eigenvalue weighted by molar-refractivity contribution is 0.0627. The summed E-state index contributed by atoms with van der Waals surface area (Å²) in [6.45, 7) is 4.44. The maximum atomic E-state index is 12.4. The summed E-state index contributed by atoms with van der Waals surface area (Å²) in [4.78, 5) is 16.7. The second-order valence-electron chi connectivity index (χ2n) is 5.94. The SMILES string of the molecule is NC1(CN2CCN(C(=O)c3ccc(Br)cc3)CC2)CC1. The predicted octanol–water partition coefficient (Wildman–Crippen LogP) is 1.70. The van der Waals surface area contributed by atoms with Gasteiger partial charge in [-0.3, -0.25) is 9.69 Å². The Morgan fingerprint density at radius 2 is 1.75 bits per heavy atom. The number of nitrogens with two attached hydrogens (primary N) is 1. The Hall–Kier alpha value is -0.910. The topological polar surface area (TPSA) is 49.6 Å². The Labute approximate surface area is 128 Å². The van der Waals surface area contributed by atoms with Gasteiger partial charge in [0.2, 0.25) is 0 Å². The van der Waals surface area contributed by atoms with E-state index in [4.69, 9.17) is 5.73 Å². The highest BCUT2D eigenvalue weighted by atomic mass is 79.9. The summed E-state index contributed by atoms with van der Waals surface area (Å²) < 4.78 is 0.997. The highest BCUT2D eigenvalue weighted by Crippen LogP contribution is 2.33. The minimum atomic E-state index is 0.0673. The molecule has 3 rings (SSSR count). The Bertz CT molecular complexity index is 490. The Kier molecular flexibility index (Phi) is 3.84. The van der Waals surface area contributed by atoms with Crippen molar-refractivity contribution in [3.63, 3.8) is 0 Å². The van der Waals surface area contributed by atoms with E-state index in [1.165, 1.54) is 0 Å². The molecule has 4 nitrogen and oxygen atoms in total. The standard InChI is InChI=1S/C15H20BrN3O/c16-13-3-1-12(2-4-13)14(20)19-9-7-18(8-10-19)11-15(17)5-6-15/h1-4H,5-11,17H2. The molecule has 1 saturated heterocycles. The smallest absolute Gasteiger partial charge is 0.253 e. The number of nitrogens with zero attached hydrogens (tertiary/aromatic N) is 2. The van der Waals surface area contributed by atoms with Crippen LogP contribution < -0.4 is 5.73 Å². The molecule has 2 fully saturated rings. The molecule has 0 unspecified atom stereocenters. The van der Waals surface area contributed by atoms with Crippen LogP contribution in [0.2, 0.25) is 0 Å². The maximum absolute atomic E-state index is 12.4. The van der Waals surface area contributed by atoms with Gasteiger partial charge in [0, 0.05) is 48.3 Å². The van der Waals surface area contributed by atoms with E-state index in [-0.39, 0.29) is 11.4 Å². The molecule has 0 radical (unpaired) electrons. The third-order valence-corrected chi connectivity index (χ3v) is 4.71. The van der Waals surface area contributed by atoms with Gasteiger partial charge < -0.3 is 10.6 Å². The number of amides is 1. The van der Waals surface area contributed by atoms with E-state index in [9.17, 15) is 4.79 Å². The first-order valence-corrected chi connectivity index (χ1v) is 7.91. The van der Waals surface area contributed by atoms with Gasteiger partial charge in [-0.1, -0.05) is 15.9 Å². The minimum absolute atomic E-state index is 0.0673. The number of hydrogen-bond donors (Lipinski definition) is 1. The van der Waals surface area contributed by atoms with Gasteiger partial charge in [-0.2, -0.15) is 0 Å². The van der Waals surface area contributed by atoms with Gasteiger partial charge in [0.15, 0.2) is 0 Å². The molecule has 0 spiro atoms. The number of benzene rings is 1. The maximum Gasteiger partial charge on any atom is 0.253 e. The Balaban J connectivity index is 1.54. The van der Waals surface area contributed by atoms with Gasteiger partial charge in [0.05, 0.1) is 0 Å². The van der Waals surface area contributed by atoms with Crippen molar-refractivity contribution in [3.05, 3.63) is 34.3 Å². The van der Waals surface area contributed by atoms with Crippen molar-refractivity contribution in [3.8, 4) is 0 Å². The van der Waals surface area contributed by atoms with Crippen LogP contribution in [0.3, 0.4) is 0 Å². The predicted molar refractivity (Wildman–Crippen MR) is 82.6 cm³/mol. The molecule has 1 amide bonds. The molecule has 0 atom stereocenters. The number of carbonyl (C=O) groups is 1. The summed E-state index contributed by atoms with van der Waals surface area (Å²) in [6.07, 6.45) is 2.29.